The number of rotatable bonds is 8. The number of thioether (sulfide) groups is 1. The summed E-state index contributed by atoms with van der Waals surface area (Å²) in [4.78, 5) is 2.49. The van der Waals surface area contributed by atoms with Gasteiger partial charge in [-0.2, -0.15) is 0 Å². The summed E-state index contributed by atoms with van der Waals surface area (Å²) in [7, 11) is 2.05. The fourth-order valence-electron chi connectivity index (χ4n) is 5.41. The lowest BCUT2D eigenvalue weighted by Gasteiger charge is -2.21. The number of hydrogen-bond donors (Lipinski definition) is 0. The third kappa shape index (κ3) is 5.02. The van der Waals surface area contributed by atoms with E-state index in [1.165, 1.54) is 12.1 Å². The highest BCUT2D eigenvalue weighted by Gasteiger charge is 2.60. The molecule has 0 amide bonds. The highest BCUT2D eigenvalue weighted by Crippen LogP contribution is 2.59. The normalized spacial score (nSPS) is 25.9. The molecule has 180 valence electrons. The van der Waals surface area contributed by atoms with Crippen molar-refractivity contribution >= 4 is 11.8 Å². The summed E-state index contributed by atoms with van der Waals surface area (Å²) < 4.78 is 48.8. The average molecular weight is 483 g/mol. The second-order valence-electron chi connectivity index (χ2n) is 9.35. The first-order valence-electron chi connectivity index (χ1n) is 11.5. The van der Waals surface area contributed by atoms with E-state index in [-0.39, 0.29) is 11.2 Å². The van der Waals surface area contributed by atoms with Gasteiger partial charge in [0.25, 0.3) is 0 Å². The van der Waals surface area contributed by atoms with Gasteiger partial charge in [0.1, 0.15) is 11.6 Å². The average Bonchev–Trinajstić information content (AvgIpc) is 3.16. The SMILES string of the molecule is Cn1c(SCCCN2CC3C[C@]3(c3ccc(OC(F)(F)F)cc3)C2)nnc1C1CCOCC1. The summed E-state index contributed by atoms with van der Waals surface area (Å²) in [5, 5.41) is 9.81. The van der Waals surface area contributed by atoms with E-state index in [4.69, 9.17) is 4.74 Å². The predicted octanol–water partition coefficient (Wildman–Crippen LogP) is 4.36. The Labute approximate surface area is 195 Å². The molecule has 3 aliphatic rings. The van der Waals surface area contributed by atoms with Crippen LogP contribution in [0, 0.1) is 5.92 Å². The summed E-state index contributed by atoms with van der Waals surface area (Å²) in [6, 6.07) is 6.46. The van der Waals surface area contributed by atoms with Crippen molar-refractivity contribution in [2.45, 2.75) is 48.5 Å². The molecule has 1 aromatic carbocycles. The molecular formula is C23H29F3N4O2S. The van der Waals surface area contributed by atoms with Crippen LogP contribution in [0.5, 0.6) is 5.75 Å². The van der Waals surface area contributed by atoms with Crippen LogP contribution in [-0.4, -0.2) is 64.6 Å². The van der Waals surface area contributed by atoms with E-state index in [9.17, 15) is 13.2 Å². The highest BCUT2D eigenvalue weighted by molar-refractivity contribution is 7.99. The Morgan fingerprint density at radius 2 is 1.94 bits per heavy atom. The van der Waals surface area contributed by atoms with Crippen LogP contribution < -0.4 is 4.74 Å². The molecule has 1 aliphatic carbocycles. The zero-order valence-corrected chi connectivity index (χ0v) is 19.5. The van der Waals surface area contributed by atoms with E-state index in [1.807, 2.05) is 0 Å². The molecule has 0 N–H and O–H groups in total. The first kappa shape index (κ1) is 23.0. The molecule has 0 bridgehead atoms. The second kappa shape index (κ2) is 9.11. The highest BCUT2D eigenvalue weighted by atomic mass is 32.2. The number of ether oxygens (including phenoxy) is 2. The van der Waals surface area contributed by atoms with E-state index in [2.05, 4.69) is 31.4 Å². The van der Waals surface area contributed by atoms with Gasteiger partial charge in [-0.1, -0.05) is 23.9 Å². The van der Waals surface area contributed by atoms with Crippen LogP contribution in [0.2, 0.25) is 0 Å². The summed E-state index contributed by atoms with van der Waals surface area (Å²) in [6.45, 7) is 4.64. The molecule has 10 heteroatoms. The first-order chi connectivity index (χ1) is 15.8. The largest absolute Gasteiger partial charge is 0.573 e. The Bertz CT molecular complexity index is 962. The lowest BCUT2D eigenvalue weighted by atomic mass is 9.95. The quantitative estimate of drug-likeness (QED) is 0.412. The number of aromatic nitrogens is 3. The van der Waals surface area contributed by atoms with Crippen molar-refractivity contribution in [2.75, 3.05) is 38.6 Å². The maximum atomic E-state index is 12.4. The molecule has 5 rings (SSSR count). The molecule has 2 aliphatic heterocycles. The number of benzene rings is 1. The standard InChI is InChI=1S/C23H29F3N4O2S/c1-29-20(16-7-10-31-11-8-16)27-28-21(29)33-12-2-9-30-14-18-13-22(18,15-30)17-3-5-19(6-4-17)32-23(24,25)26/h3-6,16,18H,2,7-15H2,1H3/t18?,22-/m1/s1. The Morgan fingerprint density at radius 3 is 2.67 bits per heavy atom. The van der Waals surface area contributed by atoms with Gasteiger partial charge >= 0.3 is 6.36 Å². The van der Waals surface area contributed by atoms with Gasteiger partial charge in [0.15, 0.2) is 5.16 Å². The smallest absolute Gasteiger partial charge is 0.406 e. The van der Waals surface area contributed by atoms with Crippen LogP contribution >= 0.6 is 11.8 Å². The van der Waals surface area contributed by atoms with E-state index >= 15 is 0 Å². The summed E-state index contributed by atoms with van der Waals surface area (Å²) >= 11 is 1.75. The Hall–Kier alpha value is -1.78. The lowest BCUT2D eigenvalue weighted by Crippen LogP contribution is -2.28. The van der Waals surface area contributed by atoms with Crippen molar-refractivity contribution in [2.24, 2.45) is 13.0 Å². The van der Waals surface area contributed by atoms with Crippen molar-refractivity contribution in [3.8, 4) is 5.75 Å². The molecule has 1 unspecified atom stereocenters. The number of nitrogens with zero attached hydrogens (tertiary/aromatic N) is 4. The molecule has 3 heterocycles. The fourth-order valence-corrected chi connectivity index (χ4v) is 6.25. The third-order valence-electron chi connectivity index (χ3n) is 7.18. The van der Waals surface area contributed by atoms with Gasteiger partial charge < -0.3 is 18.9 Å². The summed E-state index contributed by atoms with van der Waals surface area (Å²) in [5.41, 5.74) is 1.23. The van der Waals surface area contributed by atoms with Gasteiger partial charge in [0, 0.05) is 50.4 Å². The van der Waals surface area contributed by atoms with Crippen LogP contribution in [0.4, 0.5) is 13.2 Å². The van der Waals surface area contributed by atoms with Gasteiger partial charge in [-0.15, -0.1) is 23.4 Å². The molecule has 33 heavy (non-hydrogen) atoms. The van der Waals surface area contributed by atoms with Gasteiger partial charge in [-0.3, -0.25) is 0 Å². The van der Waals surface area contributed by atoms with Crippen LogP contribution in [-0.2, 0) is 17.2 Å². The minimum atomic E-state index is -4.65. The van der Waals surface area contributed by atoms with Crippen molar-refractivity contribution in [3.63, 3.8) is 0 Å². The molecule has 1 saturated carbocycles. The number of hydrogen-bond acceptors (Lipinski definition) is 6. The zero-order valence-electron chi connectivity index (χ0n) is 18.7. The Morgan fingerprint density at radius 1 is 1.18 bits per heavy atom. The number of fused-ring (bicyclic) bond motifs is 1. The number of halogens is 3. The molecule has 0 radical (unpaired) electrons. The molecule has 2 saturated heterocycles. The van der Waals surface area contributed by atoms with Crippen molar-refractivity contribution < 1.29 is 22.6 Å². The number of likely N-dealkylation sites (tertiary alicyclic amines) is 1. The molecule has 3 fully saturated rings. The van der Waals surface area contributed by atoms with Crippen LogP contribution in [0.15, 0.2) is 29.4 Å². The van der Waals surface area contributed by atoms with E-state index in [0.717, 1.165) is 80.8 Å². The second-order valence-corrected chi connectivity index (χ2v) is 10.4. The first-order valence-corrected chi connectivity index (χ1v) is 12.5. The zero-order chi connectivity index (χ0) is 23.1. The Kier molecular flexibility index (Phi) is 6.35. The van der Waals surface area contributed by atoms with Gasteiger partial charge in [-0.05, 0) is 55.8 Å². The molecular weight excluding hydrogens is 453 g/mol. The minimum Gasteiger partial charge on any atom is -0.406 e. The Balaban J connectivity index is 1.08. The third-order valence-corrected chi connectivity index (χ3v) is 8.29. The monoisotopic (exact) mass is 482 g/mol. The van der Waals surface area contributed by atoms with E-state index < -0.39 is 6.36 Å². The summed E-state index contributed by atoms with van der Waals surface area (Å²) in [5.74, 6) is 2.93. The molecule has 2 aromatic rings. The molecule has 0 spiro atoms. The maximum Gasteiger partial charge on any atom is 0.573 e. The van der Waals surface area contributed by atoms with E-state index in [1.54, 1.807) is 23.9 Å². The molecule has 2 atom stereocenters. The predicted molar refractivity (Wildman–Crippen MR) is 118 cm³/mol. The fraction of sp³-hybridized carbons (Fsp3) is 0.652. The summed E-state index contributed by atoms with van der Waals surface area (Å²) in [6.07, 6.45) is -0.461. The van der Waals surface area contributed by atoms with Crippen LogP contribution in [0.3, 0.4) is 0 Å². The van der Waals surface area contributed by atoms with Crippen LogP contribution in [0.1, 0.15) is 43.0 Å². The number of piperidine rings is 1. The molecule has 1 aromatic heterocycles. The van der Waals surface area contributed by atoms with Gasteiger partial charge in [-0.25, -0.2) is 0 Å². The lowest BCUT2D eigenvalue weighted by molar-refractivity contribution is -0.274. The van der Waals surface area contributed by atoms with Gasteiger partial charge in [0.2, 0.25) is 0 Å². The van der Waals surface area contributed by atoms with Gasteiger partial charge in [0.05, 0.1) is 0 Å². The minimum absolute atomic E-state index is 0.103. The molecule has 6 nitrogen and oxygen atoms in total. The van der Waals surface area contributed by atoms with E-state index in [0.29, 0.717) is 11.8 Å². The van der Waals surface area contributed by atoms with Crippen molar-refractivity contribution in [1.82, 2.24) is 19.7 Å². The number of alkyl halides is 3. The van der Waals surface area contributed by atoms with Crippen molar-refractivity contribution in [3.05, 3.63) is 35.7 Å². The van der Waals surface area contributed by atoms with Crippen LogP contribution in [0.25, 0.3) is 0 Å². The maximum absolute atomic E-state index is 12.4. The van der Waals surface area contributed by atoms with Crippen molar-refractivity contribution in [1.29, 1.82) is 0 Å². The topological polar surface area (TPSA) is 52.4 Å².